The topological polar surface area (TPSA) is 21.2 Å². The first kappa shape index (κ1) is 14.2. The average Bonchev–Trinajstić information content (AvgIpc) is 3.01. The summed E-state index contributed by atoms with van der Waals surface area (Å²) in [5, 5.41) is 2.41. The van der Waals surface area contributed by atoms with E-state index in [2.05, 4.69) is 89.8 Å². The number of para-hydroxylation sites is 1. The molecule has 0 amide bonds. The van der Waals surface area contributed by atoms with Crippen LogP contribution in [0.5, 0.6) is 0 Å². The number of pyridine rings is 1. The first-order valence-electron chi connectivity index (χ1n) is 8.46. The fourth-order valence-corrected chi connectivity index (χ4v) is 3.70. The summed E-state index contributed by atoms with van der Waals surface area (Å²) in [6.07, 6.45) is 4.04. The van der Waals surface area contributed by atoms with Crippen LogP contribution in [-0.2, 0) is 7.05 Å². The molecule has 5 aromatic rings. The molecule has 25 heavy (non-hydrogen) atoms. The van der Waals surface area contributed by atoms with Gasteiger partial charge < -0.3 is 0 Å². The van der Waals surface area contributed by atoms with Gasteiger partial charge in [0.15, 0.2) is 6.20 Å². The molecule has 0 aliphatic rings. The molecule has 3 nitrogen and oxygen atoms in total. The molecule has 0 saturated carbocycles. The van der Waals surface area contributed by atoms with Crippen LogP contribution in [0.3, 0.4) is 0 Å². The maximum Gasteiger partial charge on any atom is 0.213 e. The summed E-state index contributed by atoms with van der Waals surface area (Å²) in [5.41, 5.74) is 7.13. The number of hydrogen-bond acceptors (Lipinski definition) is 1. The van der Waals surface area contributed by atoms with Crippen LogP contribution >= 0.6 is 0 Å². The van der Waals surface area contributed by atoms with Crippen LogP contribution in [0.2, 0.25) is 0 Å². The summed E-state index contributed by atoms with van der Waals surface area (Å²) in [4.78, 5) is 4.69. The van der Waals surface area contributed by atoms with E-state index < -0.39 is 0 Å². The Labute approximate surface area is 145 Å². The van der Waals surface area contributed by atoms with Gasteiger partial charge in [-0.3, -0.25) is 4.40 Å². The molecule has 120 valence electrons. The number of rotatable bonds is 1. The predicted molar refractivity (Wildman–Crippen MR) is 102 cm³/mol. The van der Waals surface area contributed by atoms with Crippen molar-refractivity contribution in [3.8, 4) is 11.3 Å². The standard InChI is InChI=1S/C22H18N3/c1-15-7-3-5-9-17(15)21-12-18-19(13-24(21)2)23-14-25-20-10-6-4-8-16(20)11-22(18)25/h3-14H,1-2H3/q+1. The zero-order valence-electron chi connectivity index (χ0n) is 14.3. The molecule has 0 N–H and O–H groups in total. The molecule has 5 rings (SSSR count). The molecule has 0 atom stereocenters. The molecule has 0 spiro atoms. The molecule has 0 aliphatic carbocycles. The van der Waals surface area contributed by atoms with Crippen LogP contribution < -0.4 is 4.57 Å². The minimum Gasteiger partial charge on any atom is -0.300 e. The van der Waals surface area contributed by atoms with Crippen LogP contribution in [0, 0.1) is 6.92 Å². The molecule has 2 aromatic carbocycles. The highest BCUT2D eigenvalue weighted by atomic mass is 15.0. The highest BCUT2D eigenvalue weighted by Crippen LogP contribution is 2.28. The van der Waals surface area contributed by atoms with Crippen molar-refractivity contribution in [3.63, 3.8) is 0 Å². The van der Waals surface area contributed by atoms with Crippen molar-refractivity contribution in [2.45, 2.75) is 6.92 Å². The minimum atomic E-state index is 1.01. The maximum absolute atomic E-state index is 4.69. The Morgan fingerprint density at radius 3 is 2.60 bits per heavy atom. The van der Waals surface area contributed by atoms with Crippen molar-refractivity contribution in [1.29, 1.82) is 0 Å². The fourth-order valence-electron chi connectivity index (χ4n) is 3.70. The molecule has 3 heteroatoms. The predicted octanol–water partition coefficient (Wildman–Crippen LogP) is 4.44. The van der Waals surface area contributed by atoms with Gasteiger partial charge in [-0.2, -0.15) is 4.57 Å². The van der Waals surface area contributed by atoms with E-state index in [1.165, 1.54) is 38.6 Å². The Hall–Kier alpha value is -3.20. The molecule has 3 aromatic heterocycles. The van der Waals surface area contributed by atoms with Gasteiger partial charge in [0.1, 0.15) is 18.9 Å². The number of aromatic nitrogens is 3. The van der Waals surface area contributed by atoms with E-state index in [0.717, 1.165) is 5.52 Å². The van der Waals surface area contributed by atoms with Gasteiger partial charge in [0.2, 0.25) is 5.69 Å². The summed E-state index contributed by atoms with van der Waals surface area (Å²) < 4.78 is 4.34. The Morgan fingerprint density at radius 1 is 0.920 bits per heavy atom. The third-order valence-corrected chi connectivity index (χ3v) is 5.01. The maximum atomic E-state index is 4.69. The first-order chi connectivity index (χ1) is 12.2. The van der Waals surface area contributed by atoms with E-state index >= 15 is 0 Å². The van der Waals surface area contributed by atoms with Gasteiger partial charge in [0.05, 0.1) is 11.0 Å². The van der Waals surface area contributed by atoms with E-state index in [0.29, 0.717) is 0 Å². The largest absolute Gasteiger partial charge is 0.300 e. The van der Waals surface area contributed by atoms with Crippen molar-refractivity contribution in [2.24, 2.45) is 7.05 Å². The lowest BCUT2D eigenvalue weighted by Crippen LogP contribution is -2.30. The summed E-state index contributed by atoms with van der Waals surface area (Å²) in [6, 6.07) is 21.5. The van der Waals surface area contributed by atoms with Crippen LogP contribution in [0.15, 0.2) is 73.2 Å². The second-order valence-corrected chi connectivity index (χ2v) is 6.59. The second kappa shape index (κ2) is 5.15. The van der Waals surface area contributed by atoms with E-state index in [9.17, 15) is 0 Å². The molecule has 0 fully saturated rings. The zero-order chi connectivity index (χ0) is 17.0. The minimum absolute atomic E-state index is 1.01. The van der Waals surface area contributed by atoms with Gasteiger partial charge >= 0.3 is 0 Å². The number of nitrogens with zero attached hydrogens (tertiary/aromatic N) is 3. The van der Waals surface area contributed by atoms with Gasteiger partial charge in [0.25, 0.3) is 0 Å². The van der Waals surface area contributed by atoms with E-state index in [1.54, 1.807) is 0 Å². The number of aryl methyl sites for hydroxylation is 2. The Balaban J connectivity index is 1.91. The monoisotopic (exact) mass is 324 g/mol. The molecule has 0 bridgehead atoms. The van der Waals surface area contributed by atoms with Crippen molar-refractivity contribution < 1.29 is 4.57 Å². The van der Waals surface area contributed by atoms with Gasteiger partial charge in [0, 0.05) is 22.4 Å². The third-order valence-electron chi connectivity index (χ3n) is 5.01. The van der Waals surface area contributed by atoms with Gasteiger partial charge in [-0.15, -0.1) is 0 Å². The molecular weight excluding hydrogens is 306 g/mol. The smallest absolute Gasteiger partial charge is 0.213 e. The lowest BCUT2D eigenvalue weighted by Gasteiger charge is -2.07. The third kappa shape index (κ3) is 2.06. The molecule has 0 radical (unpaired) electrons. The molecule has 0 saturated heterocycles. The summed E-state index contributed by atoms with van der Waals surface area (Å²) in [7, 11) is 2.09. The van der Waals surface area contributed by atoms with Crippen molar-refractivity contribution in [1.82, 2.24) is 9.38 Å². The first-order valence-corrected chi connectivity index (χ1v) is 8.46. The van der Waals surface area contributed by atoms with Gasteiger partial charge in [-0.05, 0) is 30.7 Å². The second-order valence-electron chi connectivity index (χ2n) is 6.59. The fraction of sp³-hybridized carbons (Fsp3) is 0.0909. The van der Waals surface area contributed by atoms with Crippen molar-refractivity contribution in [2.75, 3.05) is 0 Å². The van der Waals surface area contributed by atoms with Crippen molar-refractivity contribution >= 4 is 27.3 Å². The van der Waals surface area contributed by atoms with Crippen LogP contribution in [0.4, 0.5) is 0 Å². The van der Waals surface area contributed by atoms with Crippen LogP contribution in [-0.4, -0.2) is 9.38 Å². The van der Waals surface area contributed by atoms with E-state index in [4.69, 9.17) is 4.98 Å². The molecule has 3 heterocycles. The van der Waals surface area contributed by atoms with Gasteiger partial charge in [-0.25, -0.2) is 4.98 Å². The summed E-state index contributed by atoms with van der Waals surface area (Å²) in [6.45, 7) is 2.16. The molecular formula is C22H18N3+. The summed E-state index contributed by atoms with van der Waals surface area (Å²) in [5.74, 6) is 0. The van der Waals surface area contributed by atoms with Crippen LogP contribution in [0.25, 0.3) is 38.6 Å². The van der Waals surface area contributed by atoms with E-state index in [-0.39, 0.29) is 0 Å². The molecule has 0 aliphatic heterocycles. The normalized spacial score (nSPS) is 11.6. The van der Waals surface area contributed by atoms with Crippen molar-refractivity contribution in [3.05, 3.63) is 78.8 Å². The average molecular weight is 324 g/mol. The number of hydrogen-bond donors (Lipinski definition) is 0. The zero-order valence-corrected chi connectivity index (χ0v) is 14.3. The quantitative estimate of drug-likeness (QED) is 0.418. The molecule has 0 unspecified atom stereocenters. The lowest BCUT2D eigenvalue weighted by atomic mass is 10.0. The summed E-state index contributed by atoms with van der Waals surface area (Å²) >= 11 is 0. The highest BCUT2D eigenvalue weighted by Gasteiger charge is 2.16. The highest BCUT2D eigenvalue weighted by molar-refractivity contribution is 6.01. The van der Waals surface area contributed by atoms with E-state index in [1.807, 2.05) is 6.33 Å². The number of fused-ring (bicyclic) bond motifs is 5. The lowest BCUT2D eigenvalue weighted by molar-refractivity contribution is -0.659. The Kier molecular flexibility index (Phi) is 2.92. The Morgan fingerprint density at radius 2 is 1.72 bits per heavy atom. The SMILES string of the molecule is Cc1ccccc1-c1cc2c(c[n+]1C)ncn1c3ccccc3cc21. The Bertz CT molecular complexity index is 1260. The number of benzene rings is 2. The van der Waals surface area contributed by atoms with Crippen LogP contribution in [0.1, 0.15) is 5.56 Å². The van der Waals surface area contributed by atoms with Gasteiger partial charge in [-0.1, -0.05) is 36.4 Å².